The van der Waals surface area contributed by atoms with E-state index in [4.69, 9.17) is 4.74 Å². The summed E-state index contributed by atoms with van der Waals surface area (Å²) in [6, 6.07) is 0.523. The van der Waals surface area contributed by atoms with Crippen molar-refractivity contribution in [2.24, 2.45) is 0 Å². The number of aromatic amines is 1. The topological polar surface area (TPSA) is 113 Å². The molecule has 1 aliphatic rings. The standard InChI is InChI=1S/C23H24F4N6O3/c1-10-8-33(9-11(2)36-10)22(35)14-5-16(24)20(28-7-14)29-12(3)18-15(23(25,26)27)6-17-19(32-18)21(34)31-13(4)30-17/h5-7,10-12H,8-9H2,1-4H3,(H,28,29)(H,30,31,34)/t10-,11+,12-/m1/s1. The number of hydrogen-bond donors (Lipinski definition) is 2. The number of nitrogens with zero attached hydrogens (tertiary/aromatic N) is 4. The van der Waals surface area contributed by atoms with Crippen LogP contribution in [0.5, 0.6) is 0 Å². The highest BCUT2D eigenvalue weighted by atomic mass is 19.4. The van der Waals surface area contributed by atoms with Crippen molar-refractivity contribution in [3.05, 3.63) is 57.1 Å². The van der Waals surface area contributed by atoms with Crippen molar-refractivity contribution in [2.45, 2.75) is 52.1 Å². The number of ether oxygens (including phenoxy) is 1. The first-order chi connectivity index (χ1) is 16.8. The molecule has 0 aliphatic carbocycles. The minimum atomic E-state index is -4.81. The number of anilines is 1. The average Bonchev–Trinajstić information content (AvgIpc) is 2.77. The second kappa shape index (κ2) is 9.45. The van der Waals surface area contributed by atoms with Gasteiger partial charge in [-0.2, -0.15) is 13.2 Å². The Morgan fingerprint density at radius 1 is 1.22 bits per heavy atom. The Morgan fingerprint density at radius 2 is 1.89 bits per heavy atom. The smallest absolute Gasteiger partial charge is 0.372 e. The van der Waals surface area contributed by atoms with Crippen LogP contribution in [-0.2, 0) is 10.9 Å². The molecule has 3 aromatic heterocycles. The van der Waals surface area contributed by atoms with Crippen LogP contribution in [0.3, 0.4) is 0 Å². The van der Waals surface area contributed by atoms with E-state index in [0.717, 1.165) is 18.3 Å². The highest BCUT2D eigenvalue weighted by molar-refractivity contribution is 5.94. The van der Waals surface area contributed by atoms with Crippen LogP contribution in [0.15, 0.2) is 23.1 Å². The van der Waals surface area contributed by atoms with Crippen molar-refractivity contribution in [1.82, 2.24) is 24.8 Å². The van der Waals surface area contributed by atoms with Crippen LogP contribution in [0, 0.1) is 12.7 Å². The van der Waals surface area contributed by atoms with Crippen LogP contribution < -0.4 is 10.9 Å². The van der Waals surface area contributed by atoms with Crippen LogP contribution in [0.2, 0.25) is 0 Å². The largest absolute Gasteiger partial charge is 0.418 e. The van der Waals surface area contributed by atoms with Crippen molar-refractivity contribution < 1.29 is 27.1 Å². The summed E-state index contributed by atoms with van der Waals surface area (Å²) in [6.07, 6.45) is -4.01. The van der Waals surface area contributed by atoms with E-state index in [9.17, 15) is 27.2 Å². The molecule has 1 saturated heterocycles. The number of halogens is 4. The average molecular weight is 508 g/mol. The quantitative estimate of drug-likeness (QED) is 0.518. The predicted octanol–water partition coefficient (Wildman–Crippen LogP) is 3.60. The van der Waals surface area contributed by atoms with Gasteiger partial charge in [0, 0.05) is 19.3 Å². The number of aryl methyl sites for hydroxylation is 1. The van der Waals surface area contributed by atoms with E-state index in [-0.39, 0.29) is 40.4 Å². The fourth-order valence-corrected chi connectivity index (χ4v) is 4.22. The van der Waals surface area contributed by atoms with Crippen molar-refractivity contribution in [2.75, 3.05) is 18.4 Å². The Morgan fingerprint density at radius 3 is 2.50 bits per heavy atom. The third kappa shape index (κ3) is 5.15. The van der Waals surface area contributed by atoms with Gasteiger partial charge in [-0.15, -0.1) is 0 Å². The fourth-order valence-electron chi connectivity index (χ4n) is 4.22. The number of alkyl halides is 3. The Balaban J connectivity index is 1.63. The molecule has 0 aromatic carbocycles. The Bertz CT molecular complexity index is 1370. The second-order valence-electron chi connectivity index (χ2n) is 8.83. The maximum atomic E-state index is 14.9. The van der Waals surface area contributed by atoms with Crippen LogP contribution in [-0.4, -0.2) is 56.0 Å². The number of fused-ring (bicyclic) bond motifs is 1. The summed E-state index contributed by atoms with van der Waals surface area (Å²) in [5, 5.41) is 2.57. The van der Waals surface area contributed by atoms with Gasteiger partial charge in [-0.05, 0) is 39.8 Å². The van der Waals surface area contributed by atoms with Crippen molar-refractivity contribution in [3.8, 4) is 0 Å². The zero-order valence-corrected chi connectivity index (χ0v) is 19.9. The monoisotopic (exact) mass is 508 g/mol. The first-order valence-electron chi connectivity index (χ1n) is 11.2. The third-order valence-electron chi connectivity index (χ3n) is 5.69. The lowest BCUT2D eigenvalue weighted by Crippen LogP contribution is -2.48. The molecule has 2 N–H and O–H groups in total. The van der Waals surface area contributed by atoms with Gasteiger partial charge < -0.3 is 19.9 Å². The Labute approximate surface area is 202 Å². The maximum absolute atomic E-state index is 14.9. The lowest BCUT2D eigenvalue weighted by molar-refractivity contribution is -0.138. The molecule has 0 spiro atoms. The minimum Gasteiger partial charge on any atom is -0.372 e. The van der Waals surface area contributed by atoms with Gasteiger partial charge in [0.05, 0.1) is 40.6 Å². The molecule has 0 saturated carbocycles. The van der Waals surface area contributed by atoms with Crippen molar-refractivity contribution >= 4 is 22.8 Å². The number of rotatable bonds is 4. The normalized spacial score (nSPS) is 19.4. The molecule has 9 nitrogen and oxygen atoms in total. The molecule has 4 heterocycles. The summed E-state index contributed by atoms with van der Waals surface area (Å²) in [5.41, 5.74) is -2.82. The molecule has 36 heavy (non-hydrogen) atoms. The predicted molar refractivity (Wildman–Crippen MR) is 122 cm³/mol. The number of carbonyl (C=O) groups excluding carboxylic acids is 1. The summed E-state index contributed by atoms with van der Waals surface area (Å²) in [4.78, 5) is 40.8. The number of amides is 1. The molecule has 1 fully saturated rings. The fraction of sp³-hybridized carbons (Fsp3) is 0.435. The Hall–Kier alpha value is -3.61. The van der Waals surface area contributed by atoms with Crippen molar-refractivity contribution in [3.63, 3.8) is 0 Å². The van der Waals surface area contributed by atoms with Gasteiger partial charge in [0.1, 0.15) is 5.82 Å². The molecular weight excluding hydrogens is 484 g/mol. The van der Waals surface area contributed by atoms with E-state index in [1.807, 2.05) is 13.8 Å². The lowest BCUT2D eigenvalue weighted by atomic mass is 10.1. The van der Waals surface area contributed by atoms with Crippen LogP contribution in [0.25, 0.3) is 11.0 Å². The number of carbonyl (C=O) groups is 1. The molecule has 1 aliphatic heterocycles. The lowest BCUT2D eigenvalue weighted by Gasteiger charge is -2.35. The van der Waals surface area contributed by atoms with Crippen LogP contribution >= 0.6 is 0 Å². The molecule has 3 aromatic rings. The summed E-state index contributed by atoms with van der Waals surface area (Å²) >= 11 is 0. The van der Waals surface area contributed by atoms with E-state index in [0.29, 0.717) is 13.1 Å². The van der Waals surface area contributed by atoms with E-state index in [1.165, 1.54) is 18.7 Å². The number of H-pyrrole nitrogens is 1. The van der Waals surface area contributed by atoms with Gasteiger partial charge in [0.25, 0.3) is 11.5 Å². The molecule has 1 amide bonds. The maximum Gasteiger partial charge on any atom is 0.418 e. The van der Waals surface area contributed by atoms with Crippen molar-refractivity contribution in [1.29, 1.82) is 0 Å². The van der Waals surface area contributed by atoms with Gasteiger partial charge in [0.15, 0.2) is 17.2 Å². The molecule has 3 atom stereocenters. The first kappa shape index (κ1) is 25.5. The van der Waals surface area contributed by atoms with Gasteiger partial charge in [-0.3, -0.25) is 9.59 Å². The van der Waals surface area contributed by atoms with E-state index < -0.39 is 40.8 Å². The van der Waals surface area contributed by atoms with Gasteiger partial charge in [-0.25, -0.2) is 19.3 Å². The molecule has 4 rings (SSSR count). The highest BCUT2D eigenvalue weighted by Crippen LogP contribution is 2.36. The number of aromatic nitrogens is 4. The molecule has 0 radical (unpaired) electrons. The van der Waals surface area contributed by atoms with E-state index >= 15 is 0 Å². The summed E-state index contributed by atoms with van der Waals surface area (Å²) in [6.45, 7) is 7.09. The number of pyridine rings is 2. The van der Waals surface area contributed by atoms with E-state index in [2.05, 4.69) is 25.3 Å². The first-order valence-corrected chi connectivity index (χ1v) is 11.2. The third-order valence-corrected chi connectivity index (χ3v) is 5.69. The van der Waals surface area contributed by atoms with Crippen LogP contribution in [0.1, 0.15) is 54.3 Å². The minimum absolute atomic E-state index is 0.000193. The van der Waals surface area contributed by atoms with Gasteiger partial charge in [-0.1, -0.05) is 0 Å². The summed E-state index contributed by atoms with van der Waals surface area (Å²) < 4.78 is 61.9. The summed E-state index contributed by atoms with van der Waals surface area (Å²) in [5.74, 6) is -1.58. The molecule has 13 heteroatoms. The van der Waals surface area contributed by atoms with Crippen LogP contribution in [0.4, 0.5) is 23.4 Å². The number of nitrogens with one attached hydrogen (secondary N) is 2. The zero-order chi connectivity index (χ0) is 26.4. The second-order valence-corrected chi connectivity index (χ2v) is 8.83. The highest BCUT2D eigenvalue weighted by Gasteiger charge is 2.37. The number of morpholine rings is 1. The number of hydrogen-bond acceptors (Lipinski definition) is 7. The van der Waals surface area contributed by atoms with E-state index in [1.54, 1.807) is 0 Å². The molecule has 0 bridgehead atoms. The Kier molecular flexibility index (Phi) is 6.69. The molecule has 0 unspecified atom stereocenters. The SMILES string of the molecule is Cc1nc2cc(C(F)(F)F)c([C@@H](C)Nc3ncc(C(=O)N4C[C@@H](C)O[C@@H](C)C4)cc3F)nc2c(=O)[nH]1. The van der Waals surface area contributed by atoms with Gasteiger partial charge in [0.2, 0.25) is 0 Å². The zero-order valence-electron chi connectivity index (χ0n) is 19.9. The summed E-state index contributed by atoms with van der Waals surface area (Å²) in [7, 11) is 0. The molecule has 192 valence electrons. The molecular formula is C23H24F4N6O3. The van der Waals surface area contributed by atoms with Gasteiger partial charge >= 0.3 is 6.18 Å².